The van der Waals surface area contributed by atoms with Crippen molar-refractivity contribution in [1.29, 1.82) is 0 Å². The van der Waals surface area contributed by atoms with Crippen molar-refractivity contribution < 1.29 is 18.0 Å². The van der Waals surface area contributed by atoms with Gasteiger partial charge in [0.05, 0.1) is 12.0 Å². The second-order valence-electron chi connectivity index (χ2n) is 3.25. The molecule has 1 amide bonds. The van der Waals surface area contributed by atoms with Gasteiger partial charge in [-0.3, -0.25) is 4.79 Å². The number of alkyl halides is 3. The number of benzene rings is 1. The highest BCUT2D eigenvalue weighted by molar-refractivity contribution is 14.1. The van der Waals surface area contributed by atoms with E-state index in [1.54, 1.807) is 12.1 Å². The Bertz CT molecular complexity index is 423. The number of rotatable bonds is 3. The molecule has 0 heterocycles. The predicted octanol–water partition coefficient (Wildman–Crippen LogP) is 3.63. The quantitative estimate of drug-likeness (QED) is 0.801. The minimum atomic E-state index is -4.27. The Morgan fingerprint density at radius 1 is 1.41 bits per heavy atom. The Labute approximate surface area is 115 Å². The van der Waals surface area contributed by atoms with Gasteiger partial charge in [-0.05, 0) is 40.8 Å². The van der Waals surface area contributed by atoms with Gasteiger partial charge in [0.15, 0.2) is 0 Å². The Morgan fingerprint density at radius 3 is 2.65 bits per heavy atom. The summed E-state index contributed by atoms with van der Waals surface area (Å²) in [4.78, 5) is 11.6. The van der Waals surface area contributed by atoms with Crippen molar-refractivity contribution in [2.75, 3.05) is 6.54 Å². The molecule has 0 fully saturated rings. The molecule has 0 radical (unpaired) electrons. The average Bonchev–Trinajstić information content (AvgIpc) is 2.19. The summed E-state index contributed by atoms with van der Waals surface area (Å²) in [5, 5.41) is 2.57. The van der Waals surface area contributed by atoms with E-state index in [4.69, 9.17) is 11.6 Å². The Morgan fingerprint density at radius 2 is 2.06 bits per heavy atom. The molecule has 94 valence electrons. The third kappa shape index (κ3) is 5.12. The summed E-state index contributed by atoms with van der Waals surface area (Å²) >= 11 is 7.62. The van der Waals surface area contributed by atoms with Crippen LogP contribution in [0.25, 0.3) is 0 Å². The van der Waals surface area contributed by atoms with E-state index in [0.717, 1.165) is 0 Å². The summed E-state index contributed by atoms with van der Waals surface area (Å²) in [5.74, 6) is -0.554. The van der Waals surface area contributed by atoms with Crippen LogP contribution >= 0.6 is 34.2 Å². The van der Waals surface area contributed by atoms with Crippen molar-refractivity contribution in [3.8, 4) is 0 Å². The molecule has 0 aliphatic heterocycles. The molecule has 1 aromatic carbocycles. The normalized spacial score (nSPS) is 11.4. The van der Waals surface area contributed by atoms with E-state index in [1.165, 1.54) is 6.07 Å². The van der Waals surface area contributed by atoms with Crippen molar-refractivity contribution in [2.24, 2.45) is 0 Å². The Kier molecular flexibility index (Phi) is 5.05. The molecule has 0 aliphatic rings. The number of halogens is 5. The first kappa shape index (κ1) is 14.6. The van der Waals surface area contributed by atoms with E-state index in [2.05, 4.69) is 5.32 Å². The fraction of sp³-hybridized carbons (Fsp3) is 0.300. The zero-order valence-electron chi connectivity index (χ0n) is 8.44. The van der Waals surface area contributed by atoms with Gasteiger partial charge in [0, 0.05) is 15.1 Å². The molecule has 0 aromatic heterocycles. The molecule has 1 rings (SSSR count). The molecule has 7 heteroatoms. The maximum absolute atomic E-state index is 11.9. The fourth-order valence-corrected chi connectivity index (χ4v) is 1.84. The monoisotopic (exact) mass is 377 g/mol. The molecule has 0 unspecified atom stereocenters. The molecule has 0 saturated carbocycles. The molecular formula is C10H8ClF3INO. The number of carbonyl (C=O) groups excluding carboxylic acids is 1. The van der Waals surface area contributed by atoms with Gasteiger partial charge in [0.25, 0.3) is 5.91 Å². The smallest absolute Gasteiger partial charge is 0.352 e. The van der Waals surface area contributed by atoms with Crippen LogP contribution in [0.2, 0.25) is 5.02 Å². The minimum Gasteiger partial charge on any atom is -0.352 e. The lowest BCUT2D eigenvalue weighted by Gasteiger charge is -2.09. The summed E-state index contributed by atoms with van der Waals surface area (Å²) in [5.41, 5.74) is 0.278. The lowest BCUT2D eigenvalue weighted by molar-refractivity contribution is -0.132. The second kappa shape index (κ2) is 5.90. The highest BCUT2D eigenvalue weighted by atomic mass is 127. The molecule has 0 saturated heterocycles. The van der Waals surface area contributed by atoms with Crippen LogP contribution in [0.1, 0.15) is 16.8 Å². The first-order valence-electron chi connectivity index (χ1n) is 4.59. The molecule has 1 aromatic rings. The maximum atomic E-state index is 11.9. The van der Waals surface area contributed by atoms with Gasteiger partial charge in [-0.2, -0.15) is 13.2 Å². The van der Waals surface area contributed by atoms with Crippen LogP contribution in [0.15, 0.2) is 18.2 Å². The molecule has 2 nitrogen and oxygen atoms in total. The number of amides is 1. The van der Waals surface area contributed by atoms with Gasteiger partial charge >= 0.3 is 6.18 Å². The van der Waals surface area contributed by atoms with E-state index >= 15 is 0 Å². The van der Waals surface area contributed by atoms with E-state index in [1.807, 2.05) is 22.6 Å². The van der Waals surface area contributed by atoms with Gasteiger partial charge < -0.3 is 5.32 Å². The number of carbonyl (C=O) groups is 1. The van der Waals surface area contributed by atoms with Crippen molar-refractivity contribution in [2.45, 2.75) is 12.6 Å². The molecule has 0 atom stereocenters. The summed E-state index contributed by atoms with van der Waals surface area (Å²) in [7, 11) is 0. The number of nitrogens with one attached hydrogen (secondary N) is 1. The van der Waals surface area contributed by atoms with Gasteiger partial charge in [-0.1, -0.05) is 11.6 Å². The van der Waals surface area contributed by atoms with Crippen LogP contribution in [0.3, 0.4) is 0 Å². The lowest BCUT2D eigenvalue weighted by Crippen LogP contribution is -2.28. The van der Waals surface area contributed by atoms with Gasteiger partial charge in [0.2, 0.25) is 0 Å². The van der Waals surface area contributed by atoms with Crippen LogP contribution in [-0.4, -0.2) is 18.6 Å². The first-order chi connectivity index (χ1) is 7.79. The van der Waals surface area contributed by atoms with Crippen LogP contribution < -0.4 is 5.32 Å². The maximum Gasteiger partial charge on any atom is 0.390 e. The largest absolute Gasteiger partial charge is 0.390 e. The topological polar surface area (TPSA) is 29.1 Å². The van der Waals surface area contributed by atoms with Crippen LogP contribution in [0.4, 0.5) is 13.2 Å². The SMILES string of the molecule is O=C(NCCC(F)(F)F)c1cc(Cl)ccc1I. The summed E-state index contributed by atoms with van der Waals surface area (Å²) in [6.07, 6.45) is -5.31. The predicted molar refractivity (Wildman–Crippen MR) is 67.2 cm³/mol. The van der Waals surface area contributed by atoms with Crippen molar-refractivity contribution >= 4 is 40.1 Å². The molecule has 1 N–H and O–H groups in total. The molecular weight excluding hydrogens is 369 g/mol. The summed E-state index contributed by atoms with van der Waals surface area (Å²) < 4.78 is 36.3. The van der Waals surface area contributed by atoms with Crippen molar-refractivity contribution in [1.82, 2.24) is 5.32 Å². The van der Waals surface area contributed by atoms with Gasteiger partial charge in [-0.25, -0.2) is 0 Å². The van der Waals surface area contributed by atoms with Crippen LogP contribution in [0.5, 0.6) is 0 Å². The first-order valence-corrected chi connectivity index (χ1v) is 6.05. The van der Waals surface area contributed by atoms with E-state index in [9.17, 15) is 18.0 Å². The van der Waals surface area contributed by atoms with Crippen LogP contribution in [-0.2, 0) is 0 Å². The zero-order chi connectivity index (χ0) is 13.1. The highest BCUT2D eigenvalue weighted by Gasteiger charge is 2.26. The van der Waals surface area contributed by atoms with Crippen LogP contribution in [0, 0.1) is 3.57 Å². The van der Waals surface area contributed by atoms with E-state index in [-0.39, 0.29) is 5.56 Å². The fourth-order valence-electron chi connectivity index (χ4n) is 1.08. The second-order valence-corrected chi connectivity index (χ2v) is 4.84. The molecule has 17 heavy (non-hydrogen) atoms. The lowest BCUT2D eigenvalue weighted by atomic mass is 10.2. The standard InChI is InChI=1S/C10H8ClF3INO/c11-6-1-2-8(15)7(5-6)9(17)16-4-3-10(12,13)14/h1-2,5H,3-4H2,(H,16,17). The van der Waals surface area contributed by atoms with Crippen molar-refractivity contribution in [3.05, 3.63) is 32.4 Å². The average molecular weight is 378 g/mol. The third-order valence-corrected chi connectivity index (χ3v) is 3.04. The van der Waals surface area contributed by atoms with Gasteiger partial charge in [-0.15, -0.1) is 0 Å². The van der Waals surface area contributed by atoms with Gasteiger partial charge in [0.1, 0.15) is 0 Å². The van der Waals surface area contributed by atoms with E-state index < -0.39 is 25.0 Å². The third-order valence-electron chi connectivity index (χ3n) is 1.87. The zero-order valence-corrected chi connectivity index (χ0v) is 11.4. The highest BCUT2D eigenvalue weighted by Crippen LogP contribution is 2.19. The number of hydrogen-bond acceptors (Lipinski definition) is 1. The number of hydrogen-bond donors (Lipinski definition) is 1. The van der Waals surface area contributed by atoms with E-state index in [0.29, 0.717) is 8.59 Å². The molecule has 0 bridgehead atoms. The molecule has 0 aliphatic carbocycles. The summed E-state index contributed by atoms with van der Waals surface area (Å²) in [6, 6.07) is 4.66. The minimum absolute atomic E-state index is 0.278. The Hall–Kier alpha value is -0.500. The van der Waals surface area contributed by atoms with Crippen molar-refractivity contribution in [3.63, 3.8) is 0 Å². The molecule has 0 spiro atoms. The Balaban J connectivity index is 2.61. The summed E-state index contributed by atoms with van der Waals surface area (Å²) in [6.45, 7) is -0.440.